The van der Waals surface area contributed by atoms with Crippen molar-refractivity contribution < 1.29 is 14.1 Å². The first kappa shape index (κ1) is 18.9. The molecule has 0 spiro atoms. The second-order valence-electron chi connectivity index (χ2n) is 7.40. The lowest BCUT2D eigenvalue weighted by Gasteiger charge is -2.36. The predicted octanol–water partition coefficient (Wildman–Crippen LogP) is 3.83. The second-order valence-corrected chi connectivity index (χ2v) is 7.40. The predicted molar refractivity (Wildman–Crippen MR) is 99.5 cm³/mol. The van der Waals surface area contributed by atoms with E-state index in [0.717, 1.165) is 51.6 Å². The second kappa shape index (κ2) is 8.66. The van der Waals surface area contributed by atoms with Gasteiger partial charge in [-0.15, -0.1) is 0 Å². The van der Waals surface area contributed by atoms with Crippen molar-refractivity contribution in [3.05, 3.63) is 28.1 Å². The minimum atomic E-state index is -0.693. The van der Waals surface area contributed by atoms with Crippen molar-refractivity contribution in [2.24, 2.45) is 5.92 Å². The number of rotatable bonds is 5. The van der Waals surface area contributed by atoms with Crippen molar-refractivity contribution in [3.63, 3.8) is 0 Å². The number of likely N-dealkylation sites (tertiary alicyclic amines) is 1. The standard InChI is InChI=1S/C19H28FN3O3/c1-26-19-12-17(18(23(24)25)11-16(19)20)22-10-6-7-15(14-22)13-21-8-4-2-3-5-9-21/h11-12,15H,2-10,13-14H2,1H3. The highest BCUT2D eigenvalue weighted by Gasteiger charge is 2.28. The molecule has 3 rings (SSSR count). The Morgan fingerprint density at radius 1 is 1.19 bits per heavy atom. The van der Waals surface area contributed by atoms with Gasteiger partial charge in [-0.1, -0.05) is 12.8 Å². The summed E-state index contributed by atoms with van der Waals surface area (Å²) in [6.45, 7) is 4.88. The molecule has 2 aliphatic heterocycles. The van der Waals surface area contributed by atoms with E-state index in [2.05, 4.69) is 4.90 Å². The van der Waals surface area contributed by atoms with Gasteiger partial charge in [-0.05, 0) is 44.7 Å². The molecule has 0 N–H and O–H groups in total. The monoisotopic (exact) mass is 365 g/mol. The van der Waals surface area contributed by atoms with Crippen LogP contribution in [0.25, 0.3) is 0 Å². The Morgan fingerprint density at radius 2 is 1.92 bits per heavy atom. The first-order chi connectivity index (χ1) is 12.6. The number of halogens is 1. The van der Waals surface area contributed by atoms with Crippen LogP contribution in [0.15, 0.2) is 12.1 Å². The number of ether oxygens (including phenoxy) is 1. The summed E-state index contributed by atoms with van der Waals surface area (Å²) >= 11 is 0. The Labute approximate surface area is 154 Å². The Morgan fingerprint density at radius 3 is 2.58 bits per heavy atom. The van der Waals surface area contributed by atoms with Gasteiger partial charge in [-0.2, -0.15) is 0 Å². The van der Waals surface area contributed by atoms with Crippen molar-refractivity contribution in [2.75, 3.05) is 44.7 Å². The molecule has 0 amide bonds. The molecule has 1 atom stereocenters. The summed E-state index contributed by atoms with van der Waals surface area (Å²) in [6, 6.07) is 2.45. The molecule has 26 heavy (non-hydrogen) atoms. The van der Waals surface area contributed by atoms with E-state index >= 15 is 0 Å². The lowest BCUT2D eigenvalue weighted by Crippen LogP contribution is -2.41. The van der Waals surface area contributed by atoms with Crippen LogP contribution in [0.3, 0.4) is 0 Å². The van der Waals surface area contributed by atoms with Crippen molar-refractivity contribution >= 4 is 11.4 Å². The third kappa shape index (κ3) is 4.44. The van der Waals surface area contributed by atoms with Crippen LogP contribution in [0, 0.1) is 21.8 Å². The van der Waals surface area contributed by atoms with Gasteiger partial charge in [0.2, 0.25) is 0 Å². The summed E-state index contributed by atoms with van der Waals surface area (Å²) in [5.74, 6) is -0.154. The van der Waals surface area contributed by atoms with Crippen LogP contribution >= 0.6 is 0 Å². The maximum absolute atomic E-state index is 13.9. The molecule has 0 aliphatic carbocycles. The average molecular weight is 365 g/mol. The number of benzene rings is 1. The van der Waals surface area contributed by atoms with E-state index in [9.17, 15) is 14.5 Å². The SMILES string of the molecule is COc1cc(N2CCCC(CN3CCCCCC3)C2)c([N+](=O)[O-])cc1F. The van der Waals surface area contributed by atoms with E-state index in [1.165, 1.54) is 38.9 Å². The number of nitro benzene ring substituents is 1. The van der Waals surface area contributed by atoms with Crippen molar-refractivity contribution in [1.82, 2.24) is 4.90 Å². The molecule has 1 aromatic rings. The van der Waals surface area contributed by atoms with Crippen LogP contribution in [0.5, 0.6) is 5.75 Å². The lowest BCUT2D eigenvalue weighted by atomic mass is 9.96. The average Bonchev–Trinajstić information content (AvgIpc) is 2.90. The van der Waals surface area contributed by atoms with Crippen LogP contribution in [0.1, 0.15) is 38.5 Å². The van der Waals surface area contributed by atoms with Crippen LogP contribution in [-0.2, 0) is 0 Å². The first-order valence-corrected chi connectivity index (χ1v) is 9.57. The van der Waals surface area contributed by atoms with Crippen LogP contribution in [0.4, 0.5) is 15.8 Å². The fourth-order valence-electron chi connectivity index (χ4n) is 4.20. The number of hydrogen-bond donors (Lipinski definition) is 0. The van der Waals surface area contributed by atoms with E-state index < -0.39 is 10.7 Å². The largest absolute Gasteiger partial charge is 0.494 e. The summed E-state index contributed by atoms with van der Waals surface area (Å²) in [6.07, 6.45) is 7.28. The van der Waals surface area contributed by atoms with E-state index in [1.807, 2.05) is 4.90 Å². The molecular weight excluding hydrogens is 337 g/mol. The topological polar surface area (TPSA) is 58.8 Å². The summed E-state index contributed by atoms with van der Waals surface area (Å²) in [5.41, 5.74) is 0.285. The maximum atomic E-state index is 13.9. The Balaban J connectivity index is 1.75. The fraction of sp³-hybridized carbons (Fsp3) is 0.684. The number of nitro groups is 1. The molecule has 0 bridgehead atoms. The van der Waals surface area contributed by atoms with Crippen LogP contribution < -0.4 is 9.64 Å². The highest BCUT2D eigenvalue weighted by atomic mass is 19.1. The van der Waals surface area contributed by atoms with Gasteiger partial charge in [0.1, 0.15) is 5.69 Å². The Hall–Kier alpha value is -1.89. The molecule has 2 fully saturated rings. The van der Waals surface area contributed by atoms with Crippen molar-refractivity contribution in [2.45, 2.75) is 38.5 Å². The molecule has 7 heteroatoms. The molecule has 6 nitrogen and oxygen atoms in total. The van der Waals surface area contributed by atoms with Gasteiger partial charge >= 0.3 is 0 Å². The zero-order valence-corrected chi connectivity index (χ0v) is 15.5. The number of methoxy groups -OCH3 is 1. The van der Waals surface area contributed by atoms with E-state index in [1.54, 1.807) is 0 Å². The minimum Gasteiger partial charge on any atom is -0.494 e. The molecule has 2 heterocycles. The van der Waals surface area contributed by atoms with E-state index in [-0.39, 0.29) is 11.4 Å². The van der Waals surface area contributed by atoms with Gasteiger partial charge in [0.15, 0.2) is 11.6 Å². The Bertz CT molecular complexity index is 633. The van der Waals surface area contributed by atoms with Crippen molar-refractivity contribution in [1.29, 1.82) is 0 Å². The normalized spacial score (nSPS) is 22.1. The van der Waals surface area contributed by atoms with E-state index in [0.29, 0.717) is 11.6 Å². The summed E-state index contributed by atoms with van der Waals surface area (Å²) in [4.78, 5) is 15.5. The highest BCUT2D eigenvalue weighted by molar-refractivity contribution is 5.66. The van der Waals surface area contributed by atoms with E-state index in [4.69, 9.17) is 4.74 Å². The van der Waals surface area contributed by atoms with Gasteiger partial charge in [0.25, 0.3) is 5.69 Å². The zero-order valence-electron chi connectivity index (χ0n) is 15.5. The quantitative estimate of drug-likeness (QED) is 0.586. The molecule has 1 unspecified atom stereocenters. The number of piperidine rings is 1. The third-order valence-corrected chi connectivity index (χ3v) is 5.52. The molecule has 2 aliphatic rings. The van der Waals surface area contributed by atoms with Gasteiger partial charge < -0.3 is 14.5 Å². The van der Waals surface area contributed by atoms with Crippen LogP contribution in [-0.4, -0.2) is 49.7 Å². The maximum Gasteiger partial charge on any atom is 0.295 e. The number of hydrogen-bond acceptors (Lipinski definition) is 5. The smallest absolute Gasteiger partial charge is 0.295 e. The zero-order chi connectivity index (χ0) is 18.5. The molecule has 144 valence electrons. The molecular formula is C19H28FN3O3. The molecule has 2 saturated heterocycles. The fourth-order valence-corrected chi connectivity index (χ4v) is 4.20. The van der Waals surface area contributed by atoms with Gasteiger partial charge in [-0.3, -0.25) is 10.1 Å². The molecule has 0 saturated carbocycles. The van der Waals surface area contributed by atoms with Crippen LogP contribution in [0.2, 0.25) is 0 Å². The van der Waals surface area contributed by atoms with Gasteiger partial charge in [0.05, 0.1) is 18.1 Å². The first-order valence-electron chi connectivity index (χ1n) is 9.57. The highest BCUT2D eigenvalue weighted by Crippen LogP contribution is 2.36. The van der Waals surface area contributed by atoms with Crippen molar-refractivity contribution in [3.8, 4) is 5.75 Å². The number of nitrogens with zero attached hydrogens (tertiary/aromatic N) is 3. The summed E-state index contributed by atoms with van der Waals surface area (Å²) in [5, 5.41) is 11.4. The molecule has 0 radical (unpaired) electrons. The summed E-state index contributed by atoms with van der Waals surface area (Å²) < 4.78 is 19.0. The molecule has 1 aromatic carbocycles. The Kier molecular flexibility index (Phi) is 6.29. The third-order valence-electron chi connectivity index (χ3n) is 5.52. The number of anilines is 1. The molecule has 0 aromatic heterocycles. The minimum absolute atomic E-state index is 0.0558. The lowest BCUT2D eigenvalue weighted by molar-refractivity contribution is -0.384. The van der Waals surface area contributed by atoms with Gasteiger partial charge in [-0.25, -0.2) is 4.39 Å². The summed E-state index contributed by atoms with van der Waals surface area (Å²) in [7, 11) is 1.38. The van der Waals surface area contributed by atoms with Gasteiger partial charge in [0, 0.05) is 25.7 Å².